The fourth-order valence-electron chi connectivity index (χ4n) is 4.88. The minimum absolute atomic E-state index is 0.00763. The van der Waals surface area contributed by atoms with Crippen molar-refractivity contribution in [3.63, 3.8) is 0 Å². The first kappa shape index (κ1) is 24.9. The Balaban J connectivity index is 1.28. The summed E-state index contributed by atoms with van der Waals surface area (Å²) in [5.41, 5.74) is 4.43. The second-order valence-corrected chi connectivity index (χ2v) is 9.84. The molecule has 1 saturated carbocycles. The minimum atomic E-state index is -1.59. The maximum absolute atomic E-state index is 13.2. The lowest BCUT2D eigenvalue weighted by Gasteiger charge is -2.31. The number of amidine groups is 1. The van der Waals surface area contributed by atoms with Crippen LogP contribution in [0, 0.1) is 11.3 Å². The lowest BCUT2D eigenvalue weighted by Crippen LogP contribution is -2.40. The van der Waals surface area contributed by atoms with Crippen LogP contribution in [0.15, 0.2) is 36.4 Å². The molecule has 0 radical (unpaired) electrons. The average molecular weight is 506 g/mol. The number of carbonyl (C=O) groups excluding carboxylic acids is 3. The number of fused-ring (bicyclic) bond motifs is 2. The number of aliphatic hydroxyl groups is 2. The van der Waals surface area contributed by atoms with E-state index in [1.807, 2.05) is 6.07 Å². The highest BCUT2D eigenvalue weighted by atomic mass is 16.3. The highest BCUT2D eigenvalue weighted by molar-refractivity contribution is 6.03. The highest BCUT2D eigenvalue weighted by Gasteiger charge is 2.32. The van der Waals surface area contributed by atoms with Crippen LogP contribution in [-0.2, 0) is 27.3 Å². The van der Waals surface area contributed by atoms with Crippen molar-refractivity contribution < 1.29 is 24.6 Å². The number of nitrogens with one attached hydrogen (secondary N) is 3. The predicted molar refractivity (Wildman–Crippen MR) is 139 cm³/mol. The molecule has 10 nitrogen and oxygen atoms in total. The van der Waals surface area contributed by atoms with Gasteiger partial charge in [-0.3, -0.25) is 19.8 Å². The van der Waals surface area contributed by atoms with Crippen LogP contribution in [0.2, 0.25) is 0 Å². The molecule has 37 heavy (non-hydrogen) atoms. The van der Waals surface area contributed by atoms with Crippen molar-refractivity contribution in [2.45, 2.75) is 44.8 Å². The Morgan fingerprint density at radius 3 is 2.73 bits per heavy atom. The van der Waals surface area contributed by atoms with Crippen molar-refractivity contribution in [3.05, 3.63) is 53.1 Å². The van der Waals surface area contributed by atoms with E-state index in [2.05, 4.69) is 10.6 Å². The van der Waals surface area contributed by atoms with Gasteiger partial charge in [0.25, 0.3) is 5.91 Å². The topological polar surface area (TPSA) is 146 Å². The molecule has 3 aliphatic rings. The molecule has 5 N–H and O–H groups in total. The Hall–Kier alpha value is -3.76. The number of benzene rings is 2. The number of hydrogen-bond acceptors (Lipinski definition) is 6. The predicted octanol–water partition coefficient (Wildman–Crippen LogP) is 1.52. The zero-order valence-electron chi connectivity index (χ0n) is 20.5. The molecule has 1 fully saturated rings. The molecule has 0 unspecified atom stereocenters. The van der Waals surface area contributed by atoms with E-state index in [0.29, 0.717) is 49.1 Å². The van der Waals surface area contributed by atoms with Crippen molar-refractivity contribution in [2.75, 3.05) is 34.8 Å². The van der Waals surface area contributed by atoms with E-state index >= 15 is 0 Å². The number of amides is 3. The summed E-state index contributed by atoms with van der Waals surface area (Å²) >= 11 is 0. The van der Waals surface area contributed by atoms with E-state index in [-0.39, 0.29) is 19.1 Å². The molecule has 0 spiro atoms. The normalized spacial score (nSPS) is 17.1. The molecule has 2 aromatic carbocycles. The van der Waals surface area contributed by atoms with Crippen LogP contribution in [-0.4, -0.2) is 59.6 Å². The molecule has 1 atom stereocenters. The van der Waals surface area contributed by atoms with Crippen molar-refractivity contribution in [2.24, 2.45) is 5.92 Å². The van der Waals surface area contributed by atoms with Gasteiger partial charge in [0.15, 0.2) is 0 Å². The van der Waals surface area contributed by atoms with E-state index in [1.54, 1.807) is 35.2 Å². The van der Waals surface area contributed by atoms with Crippen LogP contribution in [0.5, 0.6) is 0 Å². The number of aryl methyl sites for hydroxylation is 1. The number of aliphatic hydroxyl groups excluding tert-OH is 2. The molecule has 0 bridgehead atoms. The van der Waals surface area contributed by atoms with Gasteiger partial charge in [0.2, 0.25) is 11.8 Å². The third-order valence-corrected chi connectivity index (χ3v) is 7.11. The molecule has 1 aliphatic carbocycles. The second-order valence-electron chi connectivity index (χ2n) is 9.84. The highest BCUT2D eigenvalue weighted by Crippen LogP contribution is 2.37. The maximum Gasteiger partial charge on any atom is 0.253 e. The van der Waals surface area contributed by atoms with Gasteiger partial charge in [-0.05, 0) is 66.6 Å². The molecule has 2 aromatic rings. The summed E-state index contributed by atoms with van der Waals surface area (Å²) in [5.74, 6) is -0.326. The molecule has 2 heterocycles. The van der Waals surface area contributed by atoms with E-state index in [1.165, 1.54) is 4.90 Å². The molecule has 5 rings (SSSR count). The van der Waals surface area contributed by atoms with Gasteiger partial charge in [0.05, 0.1) is 13.0 Å². The van der Waals surface area contributed by atoms with E-state index < -0.39 is 24.3 Å². The summed E-state index contributed by atoms with van der Waals surface area (Å²) in [4.78, 5) is 41.6. The van der Waals surface area contributed by atoms with Gasteiger partial charge in [-0.15, -0.1) is 0 Å². The number of anilines is 3. The van der Waals surface area contributed by atoms with Crippen LogP contribution in [0.3, 0.4) is 0 Å². The number of hydrogen-bond donors (Lipinski definition) is 5. The fourth-order valence-corrected chi connectivity index (χ4v) is 4.88. The second kappa shape index (κ2) is 10.3. The third-order valence-electron chi connectivity index (χ3n) is 7.11. The van der Waals surface area contributed by atoms with Crippen LogP contribution < -0.4 is 20.4 Å². The van der Waals surface area contributed by atoms with Crippen LogP contribution >= 0.6 is 0 Å². The molecular weight excluding hydrogens is 474 g/mol. The van der Waals surface area contributed by atoms with Crippen LogP contribution in [0.25, 0.3) is 0 Å². The van der Waals surface area contributed by atoms with Gasteiger partial charge < -0.3 is 30.6 Å². The standard InChI is InChI=1S/C27H31N5O5/c28-26-21-7-5-19(11-18(21)14-29-26)30-27(37)23(34)13-25(36)31(9-10-33)20-6-3-17-4-8-24(35)32(22(17)12-20)15-16-1-2-16/h3,5-7,11-12,16,23,33-34H,1-2,4,8-10,13-15H2,(H2,28,29)(H,30,37)/t23-/m1/s1. The zero-order valence-corrected chi connectivity index (χ0v) is 20.5. The summed E-state index contributed by atoms with van der Waals surface area (Å²) < 4.78 is 0. The number of nitrogens with zero attached hydrogens (tertiary/aromatic N) is 2. The first-order chi connectivity index (χ1) is 17.8. The van der Waals surface area contributed by atoms with Gasteiger partial charge in [-0.25, -0.2) is 0 Å². The summed E-state index contributed by atoms with van der Waals surface area (Å²) in [5, 5.41) is 33.5. The molecule has 2 aliphatic heterocycles. The lowest BCUT2D eigenvalue weighted by molar-refractivity contribution is -0.129. The minimum Gasteiger partial charge on any atom is -0.395 e. The van der Waals surface area contributed by atoms with Gasteiger partial charge in [0, 0.05) is 48.7 Å². The van der Waals surface area contributed by atoms with Crippen molar-refractivity contribution in [1.29, 1.82) is 5.41 Å². The van der Waals surface area contributed by atoms with E-state index in [0.717, 1.165) is 35.2 Å². The lowest BCUT2D eigenvalue weighted by atomic mass is 9.99. The Morgan fingerprint density at radius 2 is 1.97 bits per heavy atom. The van der Waals surface area contributed by atoms with Crippen LogP contribution in [0.1, 0.15) is 42.4 Å². The largest absolute Gasteiger partial charge is 0.395 e. The third kappa shape index (κ3) is 5.35. The summed E-state index contributed by atoms with van der Waals surface area (Å²) in [6.45, 7) is 0.849. The van der Waals surface area contributed by atoms with Gasteiger partial charge in [-0.2, -0.15) is 0 Å². The summed E-state index contributed by atoms with van der Waals surface area (Å²) in [7, 11) is 0. The maximum atomic E-state index is 13.2. The molecule has 10 heteroatoms. The Kier molecular flexibility index (Phi) is 6.94. The molecule has 194 valence electrons. The van der Waals surface area contributed by atoms with Crippen molar-refractivity contribution in [1.82, 2.24) is 5.32 Å². The van der Waals surface area contributed by atoms with Crippen molar-refractivity contribution >= 4 is 40.6 Å². The average Bonchev–Trinajstić information content (AvgIpc) is 3.64. The van der Waals surface area contributed by atoms with Gasteiger partial charge >= 0.3 is 0 Å². The smallest absolute Gasteiger partial charge is 0.253 e. The molecule has 0 aromatic heterocycles. The van der Waals surface area contributed by atoms with E-state index in [4.69, 9.17) is 5.41 Å². The van der Waals surface area contributed by atoms with Crippen LogP contribution in [0.4, 0.5) is 17.1 Å². The zero-order chi connectivity index (χ0) is 26.1. The fraction of sp³-hybridized carbons (Fsp3) is 0.407. The first-order valence-electron chi connectivity index (χ1n) is 12.6. The monoisotopic (exact) mass is 505 g/mol. The Bertz CT molecular complexity index is 1260. The number of carbonyl (C=O) groups is 3. The quantitative estimate of drug-likeness (QED) is 0.349. The van der Waals surface area contributed by atoms with Gasteiger partial charge in [0.1, 0.15) is 11.9 Å². The summed E-state index contributed by atoms with van der Waals surface area (Å²) in [6, 6.07) is 10.6. The van der Waals surface area contributed by atoms with Crippen molar-refractivity contribution in [3.8, 4) is 0 Å². The molecule has 3 amide bonds. The van der Waals surface area contributed by atoms with E-state index in [9.17, 15) is 24.6 Å². The molecular formula is C27H31N5O5. The first-order valence-corrected chi connectivity index (χ1v) is 12.6. The molecule has 0 saturated heterocycles. The summed E-state index contributed by atoms with van der Waals surface area (Å²) in [6.07, 6.45) is 1.26. The Morgan fingerprint density at radius 1 is 1.16 bits per heavy atom. The van der Waals surface area contributed by atoms with Gasteiger partial charge in [-0.1, -0.05) is 6.07 Å². The number of rotatable bonds is 9. The SMILES string of the molecule is N=C1NCc2cc(NC(=O)[C@H](O)CC(=O)N(CCO)c3ccc4c(c3)N(CC3CC3)C(=O)CC4)ccc21. The Labute approximate surface area is 214 Å².